The zero-order chi connectivity index (χ0) is 15.4. The topological polar surface area (TPSA) is 29.1 Å². The summed E-state index contributed by atoms with van der Waals surface area (Å²) < 4.78 is 0. The van der Waals surface area contributed by atoms with E-state index in [2.05, 4.69) is 17.4 Å². The zero-order valence-electron chi connectivity index (χ0n) is 12.4. The van der Waals surface area contributed by atoms with E-state index < -0.39 is 0 Å². The van der Waals surface area contributed by atoms with Gasteiger partial charge in [0.25, 0.3) is 0 Å². The van der Waals surface area contributed by atoms with Crippen LogP contribution in [-0.2, 0) is 4.79 Å². The first-order valence-electron chi connectivity index (χ1n) is 6.79. The minimum Gasteiger partial charge on any atom is -0.322 e. The molecule has 3 heteroatoms. The third kappa shape index (κ3) is 3.96. The first-order valence-corrected chi connectivity index (χ1v) is 7.16. The molecule has 0 aromatic heterocycles. The molecule has 2 rings (SSSR count). The summed E-state index contributed by atoms with van der Waals surface area (Å²) in [6.45, 7) is 6.03. The highest BCUT2D eigenvalue weighted by Crippen LogP contribution is 2.22. The Hall–Kier alpha value is -2.06. The summed E-state index contributed by atoms with van der Waals surface area (Å²) in [6.07, 6.45) is 3.22. The van der Waals surface area contributed by atoms with Gasteiger partial charge in [-0.3, -0.25) is 4.79 Å². The number of halogens is 1. The lowest BCUT2D eigenvalue weighted by atomic mass is 10.1. The van der Waals surface area contributed by atoms with E-state index in [0.29, 0.717) is 5.02 Å². The van der Waals surface area contributed by atoms with Gasteiger partial charge in [0.15, 0.2) is 0 Å². The third-order valence-corrected chi connectivity index (χ3v) is 3.59. The van der Waals surface area contributed by atoms with Crippen molar-refractivity contribution in [2.24, 2.45) is 0 Å². The molecular formula is C18H18ClNO. The fourth-order valence-corrected chi connectivity index (χ4v) is 2.52. The molecule has 0 saturated carbocycles. The maximum atomic E-state index is 12.0. The van der Waals surface area contributed by atoms with E-state index in [1.807, 2.05) is 39.0 Å². The van der Waals surface area contributed by atoms with E-state index in [1.54, 1.807) is 12.1 Å². The Labute approximate surface area is 130 Å². The number of hydrogen-bond donors (Lipinski definition) is 1. The number of benzene rings is 2. The predicted molar refractivity (Wildman–Crippen MR) is 89.8 cm³/mol. The molecule has 2 aromatic carbocycles. The number of carbonyl (C=O) groups is 1. The molecule has 0 bridgehead atoms. The standard InChI is InChI=1S/C18H18ClNO/c1-12-10-13(2)18(14(3)11-12)20-17(21)9-8-15-6-4-5-7-16(15)19/h4-11H,1-3H3,(H,20,21)/b9-8+. The number of rotatable bonds is 3. The monoisotopic (exact) mass is 299 g/mol. The SMILES string of the molecule is Cc1cc(C)c(NC(=O)/C=C/c2ccccc2Cl)c(C)c1. The number of nitrogens with one attached hydrogen (secondary N) is 1. The van der Waals surface area contributed by atoms with Gasteiger partial charge in [0, 0.05) is 16.8 Å². The van der Waals surface area contributed by atoms with Crippen molar-refractivity contribution in [3.05, 3.63) is 69.8 Å². The number of amides is 1. The van der Waals surface area contributed by atoms with E-state index in [4.69, 9.17) is 11.6 Å². The number of hydrogen-bond acceptors (Lipinski definition) is 1. The van der Waals surface area contributed by atoms with Crippen LogP contribution in [0.1, 0.15) is 22.3 Å². The Bertz CT molecular complexity index is 681. The Balaban J connectivity index is 2.15. The molecule has 2 aromatic rings. The summed E-state index contributed by atoms with van der Waals surface area (Å²) in [5, 5.41) is 3.56. The van der Waals surface area contributed by atoms with Crippen molar-refractivity contribution >= 4 is 29.3 Å². The minimum absolute atomic E-state index is 0.162. The highest BCUT2D eigenvalue weighted by molar-refractivity contribution is 6.32. The molecule has 0 heterocycles. The summed E-state index contributed by atoms with van der Waals surface area (Å²) >= 11 is 6.05. The second-order valence-corrected chi connectivity index (χ2v) is 5.53. The minimum atomic E-state index is -0.162. The average Bonchev–Trinajstić information content (AvgIpc) is 2.42. The van der Waals surface area contributed by atoms with E-state index in [0.717, 1.165) is 22.4 Å². The van der Waals surface area contributed by atoms with Gasteiger partial charge in [-0.15, -0.1) is 0 Å². The molecule has 0 aliphatic heterocycles. The molecule has 0 saturated heterocycles. The fraction of sp³-hybridized carbons (Fsp3) is 0.167. The van der Waals surface area contributed by atoms with Gasteiger partial charge in [-0.1, -0.05) is 47.5 Å². The van der Waals surface area contributed by atoms with Crippen molar-refractivity contribution in [3.63, 3.8) is 0 Å². The molecule has 0 radical (unpaired) electrons. The highest BCUT2D eigenvalue weighted by atomic mass is 35.5. The Morgan fingerprint density at radius 1 is 1.10 bits per heavy atom. The smallest absolute Gasteiger partial charge is 0.248 e. The van der Waals surface area contributed by atoms with Crippen molar-refractivity contribution in [1.82, 2.24) is 0 Å². The number of aryl methyl sites for hydroxylation is 3. The van der Waals surface area contributed by atoms with E-state index >= 15 is 0 Å². The van der Waals surface area contributed by atoms with Crippen LogP contribution >= 0.6 is 11.6 Å². The lowest BCUT2D eigenvalue weighted by Crippen LogP contribution is -2.10. The molecule has 1 N–H and O–H groups in total. The molecule has 0 spiro atoms. The quantitative estimate of drug-likeness (QED) is 0.801. The van der Waals surface area contributed by atoms with Crippen LogP contribution in [-0.4, -0.2) is 5.91 Å². The van der Waals surface area contributed by atoms with Gasteiger partial charge in [0.1, 0.15) is 0 Å². The van der Waals surface area contributed by atoms with Crippen LogP contribution in [0.15, 0.2) is 42.5 Å². The van der Waals surface area contributed by atoms with Crippen molar-refractivity contribution in [3.8, 4) is 0 Å². The Morgan fingerprint density at radius 3 is 2.33 bits per heavy atom. The molecule has 0 aliphatic rings. The largest absolute Gasteiger partial charge is 0.322 e. The van der Waals surface area contributed by atoms with Crippen LogP contribution in [0.2, 0.25) is 5.02 Å². The fourth-order valence-electron chi connectivity index (χ4n) is 2.32. The lowest BCUT2D eigenvalue weighted by molar-refractivity contribution is -0.111. The van der Waals surface area contributed by atoms with Gasteiger partial charge < -0.3 is 5.32 Å². The zero-order valence-corrected chi connectivity index (χ0v) is 13.2. The Morgan fingerprint density at radius 2 is 1.71 bits per heavy atom. The van der Waals surface area contributed by atoms with E-state index in [-0.39, 0.29) is 5.91 Å². The van der Waals surface area contributed by atoms with Crippen molar-refractivity contribution in [2.75, 3.05) is 5.32 Å². The normalized spacial score (nSPS) is 10.9. The molecule has 108 valence electrons. The van der Waals surface area contributed by atoms with Crippen molar-refractivity contribution in [1.29, 1.82) is 0 Å². The van der Waals surface area contributed by atoms with Crippen molar-refractivity contribution in [2.45, 2.75) is 20.8 Å². The lowest BCUT2D eigenvalue weighted by Gasteiger charge is -2.11. The van der Waals surface area contributed by atoms with E-state index in [9.17, 15) is 4.79 Å². The Kier molecular flexibility index (Phi) is 4.81. The summed E-state index contributed by atoms with van der Waals surface area (Å²) in [4.78, 5) is 12.0. The van der Waals surface area contributed by atoms with Gasteiger partial charge in [-0.2, -0.15) is 0 Å². The number of anilines is 1. The molecule has 0 aliphatic carbocycles. The summed E-state index contributed by atoms with van der Waals surface area (Å²) in [7, 11) is 0. The summed E-state index contributed by atoms with van der Waals surface area (Å²) in [5.41, 5.74) is 5.01. The van der Waals surface area contributed by atoms with Crippen LogP contribution in [0.25, 0.3) is 6.08 Å². The molecule has 2 nitrogen and oxygen atoms in total. The van der Waals surface area contributed by atoms with Gasteiger partial charge >= 0.3 is 0 Å². The molecular weight excluding hydrogens is 282 g/mol. The summed E-state index contributed by atoms with van der Waals surface area (Å²) in [5.74, 6) is -0.162. The van der Waals surface area contributed by atoms with Crippen molar-refractivity contribution < 1.29 is 4.79 Å². The summed E-state index contributed by atoms with van der Waals surface area (Å²) in [6, 6.07) is 11.5. The van der Waals surface area contributed by atoms with Crippen LogP contribution in [0.4, 0.5) is 5.69 Å². The first kappa shape index (κ1) is 15.3. The molecule has 0 atom stereocenters. The first-order chi connectivity index (χ1) is 9.97. The van der Waals surface area contributed by atoms with Gasteiger partial charge in [-0.25, -0.2) is 0 Å². The maximum Gasteiger partial charge on any atom is 0.248 e. The highest BCUT2D eigenvalue weighted by Gasteiger charge is 2.06. The van der Waals surface area contributed by atoms with E-state index in [1.165, 1.54) is 11.6 Å². The van der Waals surface area contributed by atoms with Crippen LogP contribution in [0.3, 0.4) is 0 Å². The second-order valence-electron chi connectivity index (χ2n) is 5.12. The molecule has 0 unspecified atom stereocenters. The van der Waals surface area contributed by atoms with Gasteiger partial charge in [-0.05, 0) is 49.6 Å². The van der Waals surface area contributed by atoms with Crippen LogP contribution in [0, 0.1) is 20.8 Å². The van der Waals surface area contributed by atoms with Gasteiger partial charge in [0.2, 0.25) is 5.91 Å². The second kappa shape index (κ2) is 6.59. The van der Waals surface area contributed by atoms with Gasteiger partial charge in [0.05, 0.1) is 0 Å². The third-order valence-electron chi connectivity index (χ3n) is 3.24. The molecule has 21 heavy (non-hydrogen) atoms. The van der Waals surface area contributed by atoms with Crippen LogP contribution in [0.5, 0.6) is 0 Å². The average molecular weight is 300 g/mol. The van der Waals surface area contributed by atoms with Crippen LogP contribution < -0.4 is 5.32 Å². The maximum absolute atomic E-state index is 12.0. The predicted octanol–water partition coefficient (Wildman–Crippen LogP) is 4.92. The number of carbonyl (C=O) groups excluding carboxylic acids is 1. The molecule has 0 fully saturated rings. The molecule has 1 amide bonds.